The molecule has 103 valence electrons. The largest absolute Gasteiger partial charge is 0.0654 e. The van der Waals surface area contributed by atoms with Crippen LogP contribution in [0.4, 0.5) is 0 Å². The van der Waals surface area contributed by atoms with Gasteiger partial charge in [-0.2, -0.15) is 0 Å². The van der Waals surface area contributed by atoms with Gasteiger partial charge in [0, 0.05) is 0 Å². The van der Waals surface area contributed by atoms with Crippen LogP contribution < -0.4 is 0 Å². The minimum atomic E-state index is 0.883. The van der Waals surface area contributed by atoms with Gasteiger partial charge in [0.1, 0.15) is 0 Å². The summed E-state index contributed by atoms with van der Waals surface area (Å²) >= 11 is 0. The molecule has 0 saturated carbocycles. The Morgan fingerprint density at radius 2 is 1.29 bits per heavy atom. The third kappa shape index (κ3) is 9.68. The maximum absolute atomic E-state index is 4.15. The van der Waals surface area contributed by atoms with Gasteiger partial charge in [-0.15, -0.1) is 0 Å². The molecule has 0 heteroatoms. The Morgan fingerprint density at radius 1 is 0.765 bits per heavy atom. The third-order valence-electron chi connectivity index (χ3n) is 4.12. The number of unbranched alkanes of at least 4 members (excludes halogenated alkanes) is 6. The minimum absolute atomic E-state index is 0.883. The standard InChI is InChI=1S/C17H35/c1-5-8-10-11-13-15-17(7-3)16(4)14-12-9-6-2/h16-17H,3,5-15H2,1-2,4H3. The summed E-state index contributed by atoms with van der Waals surface area (Å²) in [6, 6.07) is 0. The lowest BCUT2D eigenvalue weighted by atomic mass is 9.83. The minimum Gasteiger partial charge on any atom is -0.0654 e. The molecule has 0 aliphatic heterocycles. The first kappa shape index (κ1) is 17.0. The molecule has 0 aromatic rings. The van der Waals surface area contributed by atoms with Gasteiger partial charge in [-0.1, -0.05) is 98.3 Å². The van der Waals surface area contributed by atoms with Crippen LogP contribution in [-0.4, -0.2) is 0 Å². The molecule has 17 heavy (non-hydrogen) atoms. The normalized spacial score (nSPS) is 14.8. The zero-order valence-electron chi connectivity index (χ0n) is 12.6. The molecule has 1 radical (unpaired) electrons. The van der Waals surface area contributed by atoms with Crippen molar-refractivity contribution in [3.8, 4) is 0 Å². The lowest BCUT2D eigenvalue weighted by Crippen LogP contribution is -2.11. The topological polar surface area (TPSA) is 0 Å². The van der Waals surface area contributed by atoms with Crippen molar-refractivity contribution in [2.24, 2.45) is 11.8 Å². The average molecular weight is 239 g/mol. The first-order valence-electron chi connectivity index (χ1n) is 8.05. The lowest BCUT2D eigenvalue weighted by Gasteiger charge is -2.22. The molecular weight excluding hydrogens is 204 g/mol. The Kier molecular flexibility index (Phi) is 12.5. The smallest absolute Gasteiger partial charge is 0.0388 e. The maximum atomic E-state index is 4.15. The van der Waals surface area contributed by atoms with Crippen LogP contribution in [0.2, 0.25) is 0 Å². The van der Waals surface area contributed by atoms with Gasteiger partial charge in [-0.3, -0.25) is 0 Å². The number of hydrogen-bond acceptors (Lipinski definition) is 0. The fourth-order valence-corrected chi connectivity index (χ4v) is 2.68. The highest BCUT2D eigenvalue weighted by molar-refractivity contribution is 4.68. The summed E-state index contributed by atoms with van der Waals surface area (Å²) in [5.41, 5.74) is 0. The molecule has 2 atom stereocenters. The molecule has 0 aromatic heterocycles. The summed E-state index contributed by atoms with van der Waals surface area (Å²) in [7, 11) is 0. The SMILES string of the molecule is [CH2]CC(CCCCCCC)C(C)CCCCC. The molecular formula is C17H35. The highest BCUT2D eigenvalue weighted by Crippen LogP contribution is 2.26. The Morgan fingerprint density at radius 3 is 1.88 bits per heavy atom. The van der Waals surface area contributed by atoms with Crippen molar-refractivity contribution in [2.45, 2.75) is 91.4 Å². The van der Waals surface area contributed by atoms with Crippen molar-refractivity contribution in [1.82, 2.24) is 0 Å². The van der Waals surface area contributed by atoms with Crippen LogP contribution in [0.5, 0.6) is 0 Å². The molecule has 0 nitrogen and oxygen atoms in total. The highest BCUT2D eigenvalue weighted by atomic mass is 14.2. The van der Waals surface area contributed by atoms with Gasteiger partial charge < -0.3 is 0 Å². The van der Waals surface area contributed by atoms with Crippen LogP contribution in [0.3, 0.4) is 0 Å². The molecule has 0 saturated heterocycles. The summed E-state index contributed by atoms with van der Waals surface area (Å²) in [5, 5.41) is 0. The third-order valence-corrected chi connectivity index (χ3v) is 4.12. The van der Waals surface area contributed by atoms with E-state index in [4.69, 9.17) is 0 Å². The van der Waals surface area contributed by atoms with E-state index in [2.05, 4.69) is 27.7 Å². The number of hydrogen-bond donors (Lipinski definition) is 0. The Bertz CT molecular complexity index is 139. The molecule has 0 aliphatic carbocycles. The highest BCUT2D eigenvalue weighted by Gasteiger charge is 2.14. The zero-order valence-corrected chi connectivity index (χ0v) is 12.6. The second-order valence-electron chi connectivity index (χ2n) is 5.72. The first-order chi connectivity index (χ1) is 8.26. The van der Waals surface area contributed by atoms with Crippen molar-refractivity contribution in [2.75, 3.05) is 0 Å². The lowest BCUT2D eigenvalue weighted by molar-refractivity contribution is 0.301. The molecule has 0 amide bonds. The van der Waals surface area contributed by atoms with Crippen LogP contribution >= 0.6 is 0 Å². The molecule has 0 N–H and O–H groups in total. The van der Waals surface area contributed by atoms with E-state index in [-0.39, 0.29) is 0 Å². The Hall–Kier alpha value is 0. The van der Waals surface area contributed by atoms with Crippen molar-refractivity contribution >= 4 is 0 Å². The van der Waals surface area contributed by atoms with E-state index in [9.17, 15) is 0 Å². The van der Waals surface area contributed by atoms with Gasteiger partial charge in [-0.05, 0) is 11.8 Å². The van der Waals surface area contributed by atoms with Crippen LogP contribution in [0.15, 0.2) is 0 Å². The predicted octanol–water partition coefficient (Wildman–Crippen LogP) is 6.40. The molecule has 0 aliphatic rings. The maximum Gasteiger partial charge on any atom is -0.0388 e. The van der Waals surface area contributed by atoms with E-state index < -0.39 is 0 Å². The van der Waals surface area contributed by atoms with Gasteiger partial charge in [0.15, 0.2) is 0 Å². The molecule has 0 aromatic carbocycles. The zero-order chi connectivity index (χ0) is 12.9. The van der Waals surface area contributed by atoms with E-state index in [1.54, 1.807) is 0 Å². The van der Waals surface area contributed by atoms with Crippen molar-refractivity contribution < 1.29 is 0 Å². The van der Waals surface area contributed by atoms with Gasteiger partial charge in [0.05, 0.1) is 0 Å². The summed E-state index contributed by atoms with van der Waals surface area (Å²) in [5.74, 6) is 1.78. The molecule has 0 spiro atoms. The summed E-state index contributed by atoms with van der Waals surface area (Å²) in [6.07, 6.45) is 15.2. The van der Waals surface area contributed by atoms with Crippen LogP contribution in [-0.2, 0) is 0 Å². The van der Waals surface area contributed by atoms with Crippen LogP contribution in [0.25, 0.3) is 0 Å². The summed E-state index contributed by atoms with van der Waals surface area (Å²) in [6.45, 7) is 11.2. The van der Waals surface area contributed by atoms with E-state index >= 15 is 0 Å². The molecule has 0 fully saturated rings. The fourth-order valence-electron chi connectivity index (χ4n) is 2.68. The quantitative estimate of drug-likeness (QED) is 0.345. The van der Waals surface area contributed by atoms with Crippen LogP contribution in [0.1, 0.15) is 91.4 Å². The van der Waals surface area contributed by atoms with Gasteiger partial charge in [0.2, 0.25) is 0 Å². The van der Waals surface area contributed by atoms with Crippen molar-refractivity contribution in [3.05, 3.63) is 6.92 Å². The predicted molar refractivity (Wildman–Crippen MR) is 80.1 cm³/mol. The number of rotatable bonds is 12. The molecule has 2 unspecified atom stereocenters. The molecule has 0 heterocycles. The monoisotopic (exact) mass is 239 g/mol. The van der Waals surface area contributed by atoms with E-state index in [1.165, 1.54) is 64.2 Å². The van der Waals surface area contributed by atoms with E-state index in [1.807, 2.05) is 0 Å². The van der Waals surface area contributed by atoms with E-state index in [0.29, 0.717) is 0 Å². The molecule has 0 rings (SSSR count). The van der Waals surface area contributed by atoms with Crippen molar-refractivity contribution in [3.63, 3.8) is 0 Å². The van der Waals surface area contributed by atoms with Gasteiger partial charge in [0.25, 0.3) is 0 Å². The van der Waals surface area contributed by atoms with Gasteiger partial charge in [-0.25, -0.2) is 0 Å². The van der Waals surface area contributed by atoms with Crippen molar-refractivity contribution in [1.29, 1.82) is 0 Å². The molecule has 0 bridgehead atoms. The first-order valence-corrected chi connectivity index (χ1v) is 8.05. The Balaban J connectivity index is 3.58. The Labute approximate surface area is 111 Å². The second kappa shape index (κ2) is 12.5. The summed E-state index contributed by atoms with van der Waals surface area (Å²) in [4.78, 5) is 0. The van der Waals surface area contributed by atoms with E-state index in [0.717, 1.165) is 18.3 Å². The fraction of sp³-hybridized carbons (Fsp3) is 0.941. The van der Waals surface area contributed by atoms with Gasteiger partial charge >= 0.3 is 0 Å². The second-order valence-corrected chi connectivity index (χ2v) is 5.72. The average Bonchev–Trinajstić information content (AvgIpc) is 2.34. The van der Waals surface area contributed by atoms with Crippen LogP contribution in [0, 0.1) is 18.8 Å². The summed E-state index contributed by atoms with van der Waals surface area (Å²) < 4.78 is 0.